The summed E-state index contributed by atoms with van der Waals surface area (Å²) in [4.78, 5) is 22.1. The maximum atomic E-state index is 11.3. The first-order valence-corrected chi connectivity index (χ1v) is 4.35. The molecule has 4 nitrogen and oxygen atoms in total. The Bertz CT molecular complexity index is 223. The average Bonchev–Trinajstić information content (AvgIpc) is 2.72. The molecule has 66 valence electrons. The van der Waals surface area contributed by atoms with Crippen molar-refractivity contribution in [3.8, 4) is 0 Å². The Labute approximate surface area is 70.7 Å². The lowest BCUT2D eigenvalue weighted by atomic mass is 10.2. The molecule has 1 saturated heterocycles. The van der Waals surface area contributed by atoms with Crippen molar-refractivity contribution in [3.05, 3.63) is 0 Å². The van der Waals surface area contributed by atoms with Crippen LogP contribution in [0.5, 0.6) is 0 Å². The van der Waals surface area contributed by atoms with Crippen molar-refractivity contribution in [2.45, 2.75) is 37.8 Å². The van der Waals surface area contributed by atoms with E-state index in [1.165, 1.54) is 0 Å². The monoisotopic (exact) mass is 168 g/mol. The summed E-state index contributed by atoms with van der Waals surface area (Å²) < 4.78 is 0. The zero-order valence-electron chi connectivity index (χ0n) is 6.80. The maximum Gasteiger partial charge on any atom is 0.242 e. The molecule has 1 heterocycles. The second kappa shape index (κ2) is 2.77. The number of carbonyl (C=O) groups excluding carboxylic acids is 2. The average molecular weight is 168 g/mol. The van der Waals surface area contributed by atoms with E-state index in [9.17, 15) is 9.59 Å². The zero-order valence-corrected chi connectivity index (χ0v) is 6.80. The summed E-state index contributed by atoms with van der Waals surface area (Å²) in [6.45, 7) is 0. The molecule has 2 aliphatic rings. The van der Waals surface area contributed by atoms with Gasteiger partial charge in [0.15, 0.2) is 0 Å². The molecule has 0 unspecified atom stereocenters. The molecule has 1 atom stereocenters. The van der Waals surface area contributed by atoms with Crippen molar-refractivity contribution in [1.29, 1.82) is 0 Å². The van der Waals surface area contributed by atoms with Crippen LogP contribution in [0.25, 0.3) is 0 Å². The van der Waals surface area contributed by atoms with Gasteiger partial charge in [-0.2, -0.15) is 0 Å². The van der Waals surface area contributed by atoms with E-state index in [1.807, 2.05) is 0 Å². The quantitative estimate of drug-likeness (QED) is 0.586. The minimum Gasteiger partial charge on any atom is -0.352 e. The van der Waals surface area contributed by atoms with E-state index in [0.29, 0.717) is 18.9 Å². The molecule has 2 fully saturated rings. The molecule has 0 aromatic rings. The van der Waals surface area contributed by atoms with Crippen molar-refractivity contribution < 1.29 is 9.59 Å². The molecule has 1 aliphatic carbocycles. The van der Waals surface area contributed by atoms with E-state index < -0.39 is 0 Å². The minimum atomic E-state index is -0.266. The Hall–Kier alpha value is -1.06. The highest BCUT2D eigenvalue weighted by atomic mass is 16.2. The highest BCUT2D eigenvalue weighted by molar-refractivity contribution is 5.90. The first-order valence-electron chi connectivity index (χ1n) is 4.35. The molecule has 2 N–H and O–H groups in total. The molecule has 4 heteroatoms. The normalized spacial score (nSPS) is 28.3. The SMILES string of the molecule is O=C1CC[C@H](C(=O)NC2CC2)N1. The molecule has 0 aromatic heterocycles. The summed E-state index contributed by atoms with van der Waals surface area (Å²) in [5.74, 6) is -0.0192. The van der Waals surface area contributed by atoms with Gasteiger partial charge in [0.1, 0.15) is 6.04 Å². The van der Waals surface area contributed by atoms with Crippen LogP contribution in [-0.2, 0) is 9.59 Å². The van der Waals surface area contributed by atoms with E-state index in [1.54, 1.807) is 0 Å². The number of carbonyl (C=O) groups is 2. The smallest absolute Gasteiger partial charge is 0.242 e. The fraction of sp³-hybridized carbons (Fsp3) is 0.750. The van der Waals surface area contributed by atoms with Crippen LogP contribution in [0, 0.1) is 0 Å². The Kier molecular flexibility index (Phi) is 1.75. The van der Waals surface area contributed by atoms with Crippen LogP contribution in [-0.4, -0.2) is 23.9 Å². The van der Waals surface area contributed by atoms with Gasteiger partial charge in [0.2, 0.25) is 11.8 Å². The highest BCUT2D eigenvalue weighted by Crippen LogP contribution is 2.19. The lowest BCUT2D eigenvalue weighted by molar-refractivity contribution is -0.125. The molecule has 0 spiro atoms. The van der Waals surface area contributed by atoms with Gasteiger partial charge >= 0.3 is 0 Å². The van der Waals surface area contributed by atoms with Crippen molar-refractivity contribution in [1.82, 2.24) is 10.6 Å². The summed E-state index contributed by atoms with van der Waals surface area (Å²) in [6.07, 6.45) is 3.32. The fourth-order valence-corrected chi connectivity index (χ4v) is 1.34. The van der Waals surface area contributed by atoms with Crippen LogP contribution in [0.3, 0.4) is 0 Å². The molecule has 12 heavy (non-hydrogen) atoms. The number of amides is 2. The van der Waals surface area contributed by atoms with Crippen LogP contribution < -0.4 is 10.6 Å². The van der Waals surface area contributed by atoms with Crippen LogP contribution in [0.1, 0.15) is 25.7 Å². The predicted octanol–water partition coefficient (Wildman–Crippen LogP) is -0.456. The Morgan fingerprint density at radius 1 is 1.42 bits per heavy atom. The number of hydrogen-bond acceptors (Lipinski definition) is 2. The minimum absolute atomic E-state index is 0.00838. The Balaban J connectivity index is 1.82. The van der Waals surface area contributed by atoms with Gasteiger partial charge in [-0.1, -0.05) is 0 Å². The van der Waals surface area contributed by atoms with Crippen molar-refractivity contribution >= 4 is 11.8 Å². The van der Waals surface area contributed by atoms with E-state index in [-0.39, 0.29) is 17.9 Å². The third-order valence-corrected chi connectivity index (χ3v) is 2.24. The second-order valence-corrected chi connectivity index (χ2v) is 3.44. The Morgan fingerprint density at radius 2 is 2.17 bits per heavy atom. The van der Waals surface area contributed by atoms with Gasteiger partial charge in [0.05, 0.1) is 0 Å². The number of hydrogen-bond donors (Lipinski definition) is 2. The molecule has 0 aromatic carbocycles. The van der Waals surface area contributed by atoms with Gasteiger partial charge in [-0.15, -0.1) is 0 Å². The van der Waals surface area contributed by atoms with E-state index in [0.717, 1.165) is 12.8 Å². The largest absolute Gasteiger partial charge is 0.352 e. The fourth-order valence-electron chi connectivity index (χ4n) is 1.34. The van der Waals surface area contributed by atoms with Gasteiger partial charge in [-0.05, 0) is 19.3 Å². The van der Waals surface area contributed by atoms with Crippen LogP contribution in [0.2, 0.25) is 0 Å². The number of nitrogens with one attached hydrogen (secondary N) is 2. The Morgan fingerprint density at radius 3 is 2.67 bits per heavy atom. The molecule has 2 rings (SSSR count). The van der Waals surface area contributed by atoms with E-state index in [4.69, 9.17) is 0 Å². The molecule has 0 bridgehead atoms. The van der Waals surface area contributed by atoms with Crippen molar-refractivity contribution in [3.63, 3.8) is 0 Å². The van der Waals surface area contributed by atoms with Gasteiger partial charge in [-0.25, -0.2) is 0 Å². The zero-order chi connectivity index (χ0) is 8.55. The third kappa shape index (κ3) is 1.57. The second-order valence-electron chi connectivity index (χ2n) is 3.44. The molecular formula is C8H12N2O2. The van der Waals surface area contributed by atoms with Gasteiger partial charge < -0.3 is 10.6 Å². The molecular weight excluding hydrogens is 156 g/mol. The first kappa shape index (κ1) is 7.58. The van der Waals surface area contributed by atoms with Gasteiger partial charge in [-0.3, -0.25) is 9.59 Å². The predicted molar refractivity (Wildman–Crippen MR) is 42.3 cm³/mol. The van der Waals surface area contributed by atoms with Gasteiger partial charge in [0.25, 0.3) is 0 Å². The van der Waals surface area contributed by atoms with Crippen LogP contribution in [0.4, 0.5) is 0 Å². The summed E-state index contributed by atoms with van der Waals surface area (Å²) in [6, 6.07) is 0.119. The maximum absolute atomic E-state index is 11.3. The lowest BCUT2D eigenvalue weighted by Gasteiger charge is -2.09. The summed E-state index contributed by atoms with van der Waals surface area (Å²) in [5, 5.41) is 5.50. The third-order valence-electron chi connectivity index (χ3n) is 2.24. The summed E-state index contributed by atoms with van der Waals surface area (Å²) in [5.41, 5.74) is 0. The molecule has 0 radical (unpaired) electrons. The van der Waals surface area contributed by atoms with Gasteiger partial charge in [0, 0.05) is 12.5 Å². The first-order chi connectivity index (χ1) is 5.75. The van der Waals surface area contributed by atoms with E-state index >= 15 is 0 Å². The van der Waals surface area contributed by atoms with E-state index in [2.05, 4.69) is 10.6 Å². The molecule has 1 saturated carbocycles. The number of rotatable bonds is 2. The topological polar surface area (TPSA) is 58.2 Å². The molecule has 2 amide bonds. The summed E-state index contributed by atoms with van der Waals surface area (Å²) in [7, 11) is 0. The lowest BCUT2D eigenvalue weighted by Crippen LogP contribution is -2.42. The van der Waals surface area contributed by atoms with Crippen molar-refractivity contribution in [2.24, 2.45) is 0 Å². The van der Waals surface area contributed by atoms with Crippen molar-refractivity contribution in [2.75, 3.05) is 0 Å². The molecule has 1 aliphatic heterocycles. The summed E-state index contributed by atoms with van der Waals surface area (Å²) >= 11 is 0. The van der Waals surface area contributed by atoms with Crippen LogP contribution in [0.15, 0.2) is 0 Å². The standard InChI is InChI=1S/C8H12N2O2/c11-7-4-3-6(10-7)8(12)9-5-1-2-5/h5-6H,1-4H2,(H,9,12)(H,10,11)/t6-/m1/s1. The van der Waals surface area contributed by atoms with Crippen LogP contribution >= 0.6 is 0 Å². The highest BCUT2D eigenvalue weighted by Gasteiger charge is 2.31.